The first-order valence-electron chi connectivity index (χ1n) is 8.60. The number of rotatable bonds is 9. The predicted molar refractivity (Wildman–Crippen MR) is 96.7 cm³/mol. The van der Waals surface area contributed by atoms with Crippen molar-refractivity contribution in [2.45, 2.75) is 58.0 Å². The van der Waals surface area contributed by atoms with Gasteiger partial charge in [0.25, 0.3) is 0 Å². The first kappa shape index (κ1) is 21.5. The van der Waals surface area contributed by atoms with Crippen molar-refractivity contribution in [1.29, 1.82) is 5.26 Å². The van der Waals surface area contributed by atoms with E-state index < -0.39 is 5.41 Å². The second kappa shape index (κ2) is 9.81. The van der Waals surface area contributed by atoms with Crippen LogP contribution in [0.1, 0.15) is 50.7 Å². The average molecular weight is 361 g/mol. The molecule has 1 rings (SSSR count). The summed E-state index contributed by atoms with van der Waals surface area (Å²) >= 11 is 0. The topological polar surface area (TPSA) is 85.6 Å². The number of benzene rings is 1. The van der Waals surface area contributed by atoms with Gasteiger partial charge in [-0.2, -0.15) is 5.26 Å². The molecule has 0 spiro atoms. The Hall–Kier alpha value is -2.55. The molecule has 0 aliphatic rings. The molecular formula is C20H27NO5. The van der Waals surface area contributed by atoms with Crippen LogP contribution in [0.5, 0.6) is 5.75 Å². The molecule has 0 aromatic heterocycles. The lowest BCUT2D eigenvalue weighted by molar-refractivity contribution is -0.141. The number of hydrogen-bond donors (Lipinski definition) is 0. The highest BCUT2D eigenvalue weighted by Gasteiger charge is 2.35. The van der Waals surface area contributed by atoms with E-state index >= 15 is 0 Å². The Morgan fingerprint density at radius 2 is 1.65 bits per heavy atom. The van der Waals surface area contributed by atoms with Crippen molar-refractivity contribution >= 4 is 11.9 Å². The van der Waals surface area contributed by atoms with Crippen molar-refractivity contribution < 1.29 is 23.8 Å². The Kier molecular flexibility index (Phi) is 8.11. The van der Waals surface area contributed by atoms with E-state index in [-0.39, 0.29) is 43.7 Å². The third-order valence-corrected chi connectivity index (χ3v) is 4.27. The fourth-order valence-electron chi connectivity index (χ4n) is 2.92. The van der Waals surface area contributed by atoms with Gasteiger partial charge in [-0.3, -0.25) is 9.59 Å². The Labute approximate surface area is 155 Å². The number of methoxy groups -OCH3 is 2. The monoisotopic (exact) mass is 361 g/mol. The molecule has 26 heavy (non-hydrogen) atoms. The fourth-order valence-corrected chi connectivity index (χ4v) is 2.92. The molecule has 0 unspecified atom stereocenters. The molecule has 0 fully saturated rings. The largest absolute Gasteiger partial charge is 0.491 e. The Balaban J connectivity index is 3.22. The summed E-state index contributed by atoms with van der Waals surface area (Å²) in [6.45, 7) is 5.77. The van der Waals surface area contributed by atoms with Gasteiger partial charge in [0.1, 0.15) is 5.75 Å². The summed E-state index contributed by atoms with van der Waals surface area (Å²) in [5.41, 5.74) is 0.673. The van der Waals surface area contributed by atoms with E-state index in [1.807, 2.05) is 39.0 Å². The van der Waals surface area contributed by atoms with E-state index in [4.69, 9.17) is 14.2 Å². The highest BCUT2D eigenvalue weighted by Crippen LogP contribution is 2.37. The number of esters is 2. The Morgan fingerprint density at radius 3 is 2.04 bits per heavy atom. The predicted octanol–water partition coefficient (Wildman–Crippen LogP) is 3.45. The minimum Gasteiger partial charge on any atom is -0.491 e. The summed E-state index contributed by atoms with van der Waals surface area (Å²) < 4.78 is 15.1. The zero-order valence-electron chi connectivity index (χ0n) is 16.1. The summed E-state index contributed by atoms with van der Waals surface area (Å²) in [5.74, 6) is -0.0609. The third-order valence-electron chi connectivity index (χ3n) is 4.27. The second-order valence-electron chi connectivity index (χ2n) is 6.49. The first-order valence-corrected chi connectivity index (χ1v) is 8.60. The normalized spacial score (nSPS) is 11.0. The number of carbonyl (C=O) groups excluding carboxylic acids is 2. The summed E-state index contributed by atoms with van der Waals surface area (Å²) in [6.07, 6.45) is 0.750. The van der Waals surface area contributed by atoms with Gasteiger partial charge in [0.15, 0.2) is 0 Å². The van der Waals surface area contributed by atoms with Gasteiger partial charge in [0.2, 0.25) is 0 Å². The quantitative estimate of drug-likeness (QED) is 0.626. The number of ether oxygens (including phenoxy) is 3. The van der Waals surface area contributed by atoms with Gasteiger partial charge in [-0.15, -0.1) is 0 Å². The molecule has 0 bridgehead atoms. The van der Waals surface area contributed by atoms with Gasteiger partial charge in [-0.05, 0) is 56.9 Å². The summed E-state index contributed by atoms with van der Waals surface area (Å²) in [6, 6.07) is 7.86. The van der Waals surface area contributed by atoms with Gasteiger partial charge in [0.05, 0.1) is 31.8 Å². The number of nitrogens with zero attached hydrogens (tertiary/aromatic N) is 1. The highest BCUT2D eigenvalue weighted by molar-refractivity contribution is 5.70. The van der Waals surface area contributed by atoms with Crippen molar-refractivity contribution in [2.75, 3.05) is 14.2 Å². The maximum absolute atomic E-state index is 11.6. The molecule has 142 valence electrons. The molecule has 0 aliphatic heterocycles. The molecular weight excluding hydrogens is 334 g/mol. The molecule has 0 N–H and O–H groups in total. The number of carbonyl (C=O) groups is 2. The standard InChI is InChI=1S/C20H27NO5/c1-14(2)26-16-6-7-17(15(3)12-16)20(13-21,10-8-18(22)24-4)11-9-19(23)25-5/h6-7,12,14H,8-11H2,1-5H3. The lowest BCUT2D eigenvalue weighted by atomic mass is 9.73. The molecule has 0 saturated carbocycles. The van der Waals surface area contributed by atoms with Gasteiger partial charge in [-0.25, -0.2) is 0 Å². The maximum atomic E-state index is 11.6. The van der Waals surface area contributed by atoms with E-state index in [0.717, 1.165) is 11.1 Å². The number of aryl methyl sites for hydroxylation is 1. The van der Waals surface area contributed by atoms with E-state index in [9.17, 15) is 14.9 Å². The van der Waals surface area contributed by atoms with E-state index in [0.29, 0.717) is 5.75 Å². The van der Waals surface area contributed by atoms with E-state index in [1.165, 1.54) is 14.2 Å². The van der Waals surface area contributed by atoms with Crippen LogP contribution in [0.2, 0.25) is 0 Å². The van der Waals surface area contributed by atoms with Crippen LogP contribution in [0.4, 0.5) is 0 Å². The number of nitriles is 1. The molecule has 0 aliphatic carbocycles. The third kappa shape index (κ3) is 5.76. The summed E-state index contributed by atoms with van der Waals surface area (Å²) in [5, 5.41) is 9.95. The van der Waals surface area contributed by atoms with Crippen molar-refractivity contribution in [3.63, 3.8) is 0 Å². The first-order chi connectivity index (χ1) is 12.3. The average Bonchev–Trinajstić information content (AvgIpc) is 2.61. The lowest BCUT2D eigenvalue weighted by Crippen LogP contribution is -2.28. The van der Waals surface area contributed by atoms with Crippen LogP contribution in [0, 0.1) is 18.3 Å². The molecule has 0 heterocycles. The Morgan fingerprint density at radius 1 is 1.12 bits per heavy atom. The van der Waals surface area contributed by atoms with E-state index in [2.05, 4.69) is 6.07 Å². The molecule has 1 aromatic rings. The molecule has 0 atom stereocenters. The molecule has 0 saturated heterocycles. The Bertz CT molecular complexity index is 655. The van der Waals surface area contributed by atoms with Crippen molar-refractivity contribution in [3.8, 4) is 11.8 Å². The zero-order chi connectivity index (χ0) is 19.7. The van der Waals surface area contributed by atoms with Gasteiger partial charge >= 0.3 is 11.9 Å². The minimum absolute atomic E-state index is 0.0413. The maximum Gasteiger partial charge on any atom is 0.305 e. The van der Waals surface area contributed by atoms with Crippen molar-refractivity contribution in [3.05, 3.63) is 29.3 Å². The highest BCUT2D eigenvalue weighted by atomic mass is 16.5. The fraction of sp³-hybridized carbons (Fsp3) is 0.550. The summed E-state index contributed by atoms with van der Waals surface area (Å²) in [7, 11) is 2.63. The summed E-state index contributed by atoms with van der Waals surface area (Å²) in [4.78, 5) is 23.2. The van der Waals surface area contributed by atoms with Gasteiger partial charge in [-0.1, -0.05) is 6.07 Å². The SMILES string of the molecule is COC(=O)CCC(C#N)(CCC(=O)OC)c1ccc(OC(C)C)cc1C. The van der Waals surface area contributed by atoms with Crippen LogP contribution >= 0.6 is 0 Å². The lowest BCUT2D eigenvalue weighted by Gasteiger charge is -2.28. The minimum atomic E-state index is -0.983. The molecule has 0 amide bonds. The van der Waals surface area contributed by atoms with Crippen molar-refractivity contribution in [2.24, 2.45) is 0 Å². The zero-order valence-corrected chi connectivity index (χ0v) is 16.1. The van der Waals surface area contributed by atoms with Crippen LogP contribution in [-0.4, -0.2) is 32.3 Å². The van der Waals surface area contributed by atoms with Crippen molar-refractivity contribution in [1.82, 2.24) is 0 Å². The smallest absolute Gasteiger partial charge is 0.305 e. The van der Waals surface area contributed by atoms with Crippen LogP contribution < -0.4 is 4.74 Å². The van der Waals surface area contributed by atoms with Crippen LogP contribution in [-0.2, 0) is 24.5 Å². The molecule has 1 aromatic carbocycles. The van der Waals surface area contributed by atoms with Crippen LogP contribution in [0.3, 0.4) is 0 Å². The molecule has 0 radical (unpaired) electrons. The van der Waals surface area contributed by atoms with Gasteiger partial charge < -0.3 is 14.2 Å². The van der Waals surface area contributed by atoms with E-state index in [1.54, 1.807) is 0 Å². The van der Waals surface area contributed by atoms with Crippen LogP contribution in [0.25, 0.3) is 0 Å². The molecule has 6 nitrogen and oxygen atoms in total. The van der Waals surface area contributed by atoms with Crippen LogP contribution in [0.15, 0.2) is 18.2 Å². The van der Waals surface area contributed by atoms with Gasteiger partial charge in [0, 0.05) is 12.8 Å². The molecule has 6 heteroatoms. The number of hydrogen-bond acceptors (Lipinski definition) is 6. The second-order valence-corrected chi connectivity index (χ2v) is 6.49.